The van der Waals surface area contributed by atoms with Crippen molar-refractivity contribution < 1.29 is 24.2 Å². The summed E-state index contributed by atoms with van der Waals surface area (Å²) in [6.45, 7) is 2.78. The average molecular weight is 459 g/mol. The van der Waals surface area contributed by atoms with Crippen LogP contribution in [0.2, 0.25) is 0 Å². The minimum atomic E-state index is -0.762. The molecule has 0 bridgehead atoms. The number of amides is 1. The molecule has 34 heavy (non-hydrogen) atoms. The van der Waals surface area contributed by atoms with Crippen LogP contribution in [0.25, 0.3) is 5.76 Å². The molecule has 0 saturated carbocycles. The number of pyridine rings is 1. The van der Waals surface area contributed by atoms with Crippen LogP contribution in [-0.4, -0.2) is 40.4 Å². The van der Waals surface area contributed by atoms with E-state index in [0.717, 1.165) is 12.0 Å². The number of rotatable bonds is 8. The van der Waals surface area contributed by atoms with Gasteiger partial charge in [0.2, 0.25) is 0 Å². The molecule has 0 aliphatic carbocycles. The van der Waals surface area contributed by atoms with Gasteiger partial charge in [0.25, 0.3) is 11.7 Å². The molecule has 1 aromatic heterocycles. The van der Waals surface area contributed by atoms with Crippen molar-refractivity contribution in [2.75, 3.05) is 13.7 Å². The summed E-state index contributed by atoms with van der Waals surface area (Å²) in [6, 6.07) is 16.8. The Kier molecular flexibility index (Phi) is 6.92. The summed E-state index contributed by atoms with van der Waals surface area (Å²) in [6.07, 6.45) is 4.18. The summed E-state index contributed by atoms with van der Waals surface area (Å²) in [5.41, 5.74) is 1.94. The Morgan fingerprint density at radius 1 is 1.03 bits per heavy atom. The Hall–Kier alpha value is -4.13. The maximum absolute atomic E-state index is 13.2. The van der Waals surface area contributed by atoms with Gasteiger partial charge in [0.15, 0.2) is 0 Å². The average Bonchev–Trinajstić information content (AvgIpc) is 3.13. The molecule has 1 atom stereocenters. The zero-order chi connectivity index (χ0) is 24.1. The minimum Gasteiger partial charge on any atom is -0.507 e. The van der Waals surface area contributed by atoms with Crippen molar-refractivity contribution in [2.45, 2.75) is 25.9 Å². The van der Waals surface area contributed by atoms with Gasteiger partial charge >= 0.3 is 0 Å². The van der Waals surface area contributed by atoms with Crippen molar-refractivity contribution in [1.29, 1.82) is 0 Å². The molecule has 1 fully saturated rings. The van der Waals surface area contributed by atoms with E-state index in [9.17, 15) is 14.7 Å². The predicted molar refractivity (Wildman–Crippen MR) is 127 cm³/mol. The number of hydrogen-bond acceptors (Lipinski definition) is 6. The van der Waals surface area contributed by atoms with E-state index >= 15 is 0 Å². The van der Waals surface area contributed by atoms with E-state index in [2.05, 4.69) is 4.98 Å². The van der Waals surface area contributed by atoms with Crippen LogP contribution >= 0.6 is 0 Å². The predicted octanol–water partition coefficient (Wildman–Crippen LogP) is 4.50. The number of hydrogen-bond donors (Lipinski definition) is 1. The van der Waals surface area contributed by atoms with Crippen molar-refractivity contribution in [3.63, 3.8) is 0 Å². The smallest absolute Gasteiger partial charge is 0.295 e. The number of aliphatic hydroxyl groups excluding tert-OH is 1. The van der Waals surface area contributed by atoms with Gasteiger partial charge in [-0.05, 0) is 60.0 Å². The lowest BCUT2D eigenvalue weighted by molar-refractivity contribution is -0.140. The number of nitrogens with zero attached hydrogens (tertiary/aromatic N) is 2. The van der Waals surface area contributed by atoms with Gasteiger partial charge < -0.3 is 19.5 Å². The zero-order valence-electron chi connectivity index (χ0n) is 19.1. The number of methoxy groups -OCH3 is 1. The van der Waals surface area contributed by atoms with Crippen LogP contribution in [0, 0.1) is 0 Å². The van der Waals surface area contributed by atoms with Crippen LogP contribution in [0.15, 0.2) is 78.6 Å². The number of benzene rings is 2. The minimum absolute atomic E-state index is 0.0429. The molecule has 1 aliphatic heterocycles. The highest BCUT2D eigenvalue weighted by Crippen LogP contribution is 2.40. The van der Waals surface area contributed by atoms with Crippen molar-refractivity contribution in [1.82, 2.24) is 9.88 Å². The van der Waals surface area contributed by atoms with E-state index in [1.54, 1.807) is 74.1 Å². The first-order valence-electron chi connectivity index (χ1n) is 11.1. The number of likely N-dealkylation sites (tertiary alicyclic amines) is 1. The van der Waals surface area contributed by atoms with E-state index in [0.29, 0.717) is 29.2 Å². The van der Waals surface area contributed by atoms with E-state index in [4.69, 9.17) is 9.47 Å². The van der Waals surface area contributed by atoms with Crippen LogP contribution in [0.3, 0.4) is 0 Å². The van der Waals surface area contributed by atoms with Gasteiger partial charge in [-0.25, -0.2) is 0 Å². The number of aromatic nitrogens is 1. The van der Waals surface area contributed by atoms with Gasteiger partial charge in [-0.15, -0.1) is 0 Å². The molecule has 0 spiro atoms. The molecule has 7 nitrogen and oxygen atoms in total. The third-order valence-electron chi connectivity index (χ3n) is 5.65. The molecule has 1 aliphatic rings. The topological polar surface area (TPSA) is 89.0 Å². The summed E-state index contributed by atoms with van der Waals surface area (Å²) in [7, 11) is 1.57. The number of aliphatic hydroxyl groups is 1. The molecule has 4 rings (SSSR count). The SMILES string of the molecule is CCCOc1ccc(C(O)=C2C(=O)C(=O)N(Cc3cccnc3)[C@@H]2c2ccc(OC)cc2)cc1. The molecular formula is C27H26N2O5. The molecular weight excluding hydrogens is 432 g/mol. The Bertz CT molecular complexity index is 1190. The standard InChI is InChI=1S/C27H26N2O5/c1-3-15-34-22-12-8-20(9-13-22)25(30)23-24(19-6-10-21(33-2)11-7-19)29(27(32)26(23)31)17-18-5-4-14-28-16-18/h4-14,16,24,30H,3,15,17H2,1-2H3/t24-/m1/s1. The Balaban J connectivity index is 1.78. The third kappa shape index (κ3) is 4.64. The quantitative estimate of drug-likeness (QED) is 0.304. The molecule has 7 heteroatoms. The van der Waals surface area contributed by atoms with Gasteiger partial charge in [0.05, 0.1) is 25.3 Å². The molecule has 1 amide bonds. The van der Waals surface area contributed by atoms with Crippen LogP contribution in [-0.2, 0) is 16.1 Å². The van der Waals surface area contributed by atoms with Crippen LogP contribution in [0.5, 0.6) is 11.5 Å². The molecule has 0 unspecified atom stereocenters. The van der Waals surface area contributed by atoms with Gasteiger partial charge in [-0.1, -0.05) is 25.1 Å². The summed E-state index contributed by atoms with van der Waals surface area (Å²) in [5, 5.41) is 11.2. The van der Waals surface area contributed by atoms with Gasteiger partial charge in [0, 0.05) is 24.5 Å². The third-order valence-corrected chi connectivity index (χ3v) is 5.65. The zero-order valence-corrected chi connectivity index (χ0v) is 19.1. The first-order valence-corrected chi connectivity index (χ1v) is 11.1. The van der Waals surface area contributed by atoms with Gasteiger partial charge in [0.1, 0.15) is 17.3 Å². The lowest BCUT2D eigenvalue weighted by atomic mass is 9.95. The lowest BCUT2D eigenvalue weighted by Crippen LogP contribution is -2.29. The summed E-state index contributed by atoms with van der Waals surface area (Å²) >= 11 is 0. The number of carbonyl (C=O) groups is 2. The van der Waals surface area contributed by atoms with Crippen LogP contribution in [0.4, 0.5) is 0 Å². The van der Waals surface area contributed by atoms with E-state index < -0.39 is 17.7 Å². The highest BCUT2D eigenvalue weighted by atomic mass is 16.5. The fraction of sp³-hybridized carbons (Fsp3) is 0.222. The largest absolute Gasteiger partial charge is 0.507 e. The Morgan fingerprint density at radius 3 is 2.35 bits per heavy atom. The normalized spacial score (nSPS) is 17.1. The van der Waals surface area contributed by atoms with E-state index in [-0.39, 0.29) is 17.9 Å². The molecule has 1 saturated heterocycles. The molecule has 1 N–H and O–H groups in total. The van der Waals surface area contributed by atoms with Crippen molar-refractivity contribution >= 4 is 17.4 Å². The maximum atomic E-state index is 13.2. The van der Waals surface area contributed by atoms with Crippen molar-refractivity contribution in [2.24, 2.45) is 0 Å². The second kappa shape index (κ2) is 10.2. The summed E-state index contributed by atoms with van der Waals surface area (Å²) in [4.78, 5) is 31.8. The second-order valence-electron chi connectivity index (χ2n) is 7.93. The molecule has 174 valence electrons. The van der Waals surface area contributed by atoms with Crippen LogP contribution < -0.4 is 9.47 Å². The maximum Gasteiger partial charge on any atom is 0.295 e. The van der Waals surface area contributed by atoms with Crippen molar-refractivity contribution in [3.8, 4) is 11.5 Å². The van der Waals surface area contributed by atoms with Crippen molar-refractivity contribution in [3.05, 3.63) is 95.3 Å². The Labute approximate surface area is 198 Å². The highest BCUT2D eigenvalue weighted by molar-refractivity contribution is 6.46. The first-order chi connectivity index (χ1) is 16.5. The number of carbonyl (C=O) groups excluding carboxylic acids is 2. The number of ether oxygens (including phenoxy) is 2. The fourth-order valence-corrected chi connectivity index (χ4v) is 3.95. The molecule has 2 aromatic carbocycles. The van der Waals surface area contributed by atoms with E-state index in [1.165, 1.54) is 4.90 Å². The fourth-order valence-electron chi connectivity index (χ4n) is 3.95. The van der Waals surface area contributed by atoms with E-state index in [1.807, 2.05) is 13.0 Å². The molecule has 2 heterocycles. The summed E-state index contributed by atoms with van der Waals surface area (Å²) < 4.78 is 10.9. The number of Topliss-reactive ketones (excluding diaryl/α,β-unsaturated/α-hetero) is 1. The first kappa shape index (κ1) is 23.0. The molecule has 0 radical (unpaired) electrons. The van der Waals surface area contributed by atoms with Gasteiger partial charge in [-0.3, -0.25) is 14.6 Å². The molecule has 3 aromatic rings. The monoisotopic (exact) mass is 458 g/mol. The number of ketones is 1. The lowest BCUT2D eigenvalue weighted by Gasteiger charge is -2.25. The Morgan fingerprint density at radius 2 is 1.74 bits per heavy atom. The summed E-state index contributed by atoms with van der Waals surface area (Å²) in [5.74, 6) is -0.310. The van der Waals surface area contributed by atoms with Crippen LogP contribution in [0.1, 0.15) is 36.1 Å². The second-order valence-corrected chi connectivity index (χ2v) is 7.93. The highest BCUT2D eigenvalue weighted by Gasteiger charge is 2.46. The van der Waals surface area contributed by atoms with Gasteiger partial charge in [-0.2, -0.15) is 0 Å².